The molecule has 5 rings (SSSR count). The highest BCUT2D eigenvalue weighted by Gasteiger charge is 2.49. The monoisotopic (exact) mass is 544 g/mol. The number of hydrogen-bond acceptors (Lipinski definition) is 10. The number of ether oxygens (including phenoxy) is 2. The standard InChI is InChI=1S/C25H25ClN4O6S/c1-14-19(28-23(32)34-15(2)16-6-4-5-9-24(16,3)26)17(37-30-14)7-8-18-27-20-21(35-18)36-22(29-20)25(10-11-25)12-33-13-31/h4-6,9,15-16,31H,10-13H2,1-3H3,(H,28,32). The summed E-state index contributed by atoms with van der Waals surface area (Å²) < 4.78 is 26.4. The molecule has 0 spiro atoms. The fraction of sp³-hybridized carbons (Fsp3) is 0.440. The summed E-state index contributed by atoms with van der Waals surface area (Å²) in [4.78, 5) is 21.2. The number of aromatic nitrogens is 3. The number of aliphatic hydroxyl groups excluding tert-OH is 1. The topological polar surface area (TPSA) is 133 Å². The van der Waals surface area contributed by atoms with Crippen LogP contribution in [-0.4, -0.2) is 49.9 Å². The van der Waals surface area contributed by atoms with Crippen molar-refractivity contribution >= 4 is 46.3 Å². The molecule has 0 aliphatic heterocycles. The first-order valence-electron chi connectivity index (χ1n) is 11.7. The van der Waals surface area contributed by atoms with Gasteiger partial charge in [0.2, 0.25) is 11.5 Å². The number of alkyl halides is 1. The Balaban J connectivity index is 1.26. The van der Waals surface area contributed by atoms with E-state index in [9.17, 15) is 4.79 Å². The zero-order valence-electron chi connectivity index (χ0n) is 20.4. The van der Waals surface area contributed by atoms with Crippen molar-refractivity contribution in [2.45, 2.75) is 50.0 Å². The Kier molecular flexibility index (Phi) is 6.85. The normalized spacial score (nSPS) is 22.5. The number of oxazole rings is 2. The van der Waals surface area contributed by atoms with Gasteiger partial charge >= 0.3 is 11.9 Å². The zero-order valence-corrected chi connectivity index (χ0v) is 22.0. The Morgan fingerprint density at radius 1 is 1.35 bits per heavy atom. The Bertz CT molecular complexity index is 1410. The van der Waals surface area contributed by atoms with E-state index in [0.717, 1.165) is 24.4 Å². The summed E-state index contributed by atoms with van der Waals surface area (Å²) in [5.74, 6) is 6.37. The molecule has 0 saturated heterocycles. The van der Waals surface area contributed by atoms with Gasteiger partial charge in [0.25, 0.3) is 5.89 Å². The van der Waals surface area contributed by atoms with Crippen molar-refractivity contribution in [3.8, 4) is 11.8 Å². The number of hydrogen-bond donors (Lipinski definition) is 2. The molecule has 1 amide bonds. The number of fused-ring (bicyclic) bond motifs is 1. The quantitative estimate of drug-likeness (QED) is 0.247. The first-order chi connectivity index (χ1) is 17.7. The summed E-state index contributed by atoms with van der Waals surface area (Å²) in [5, 5.41) is 11.7. The third kappa shape index (κ3) is 5.29. The molecule has 3 aromatic heterocycles. The maximum absolute atomic E-state index is 12.7. The minimum Gasteiger partial charge on any atom is -0.446 e. The van der Waals surface area contributed by atoms with Gasteiger partial charge < -0.3 is 23.4 Å². The van der Waals surface area contributed by atoms with Crippen LogP contribution in [0.4, 0.5) is 10.5 Å². The number of aryl methyl sites for hydroxylation is 1. The molecule has 2 aliphatic carbocycles. The minimum atomic E-state index is -0.651. The van der Waals surface area contributed by atoms with E-state index in [1.165, 1.54) is 0 Å². The Morgan fingerprint density at radius 3 is 2.86 bits per heavy atom. The average Bonchev–Trinajstić information content (AvgIpc) is 3.19. The van der Waals surface area contributed by atoms with Crippen molar-refractivity contribution in [1.29, 1.82) is 0 Å². The molecule has 0 radical (unpaired) electrons. The molecule has 3 unspecified atom stereocenters. The third-order valence-electron chi connectivity index (χ3n) is 6.43. The van der Waals surface area contributed by atoms with E-state index in [4.69, 9.17) is 35.0 Å². The maximum atomic E-state index is 12.7. The summed E-state index contributed by atoms with van der Waals surface area (Å²) in [6.45, 7) is 5.41. The number of carbonyl (C=O) groups excluding carboxylic acids is 1. The van der Waals surface area contributed by atoms with Gasteiger partial charge in [-0.05, 0) is 57.0 Å². The first kappa shape index (κ1) is 25.5. The van der Waals surface area contributed by atoms with Crippen molar-refractivity contribution in [1.82, 2.24) is 14.3 Å². The van der Waals surface area contributed by atoms with Crippen LogP contribution in [0.3, 0.4) is 0 Å². The van der Waals surface area contributed by atoms with Gasteiger partial charge in [-0.3, -0.25) is 5.32 Å². The van der Waals surface area contributed by atoms with Crippen LogP contribution in [0.1, 0.15) is 49.0 Å². The molecular weight excluding hydrogens is 520 g/mol. The first-order valence-corrected chi connectivity index (χ1v) is 12.8. The molecular formula is C25H25ClN4O6S. The van der Waals surface area contributed by atoms with Crippen molar-refractivity contribution in [2.24, 2.45) is 5.92 Å². The number of aliphatic hydroxyl groups is 1. The molecule has 194 valence electrons. The molecule has 1 saturated carbocycles. The van der Waals surface area contributed by atoms with Gasteiger partial charge in [-0.15, -0.1) is 11.6 Å². The van der Waals surface area contributed by atoms with E-state index >= 15 is 0 Å². The van der Waals surface area contributed by atoms with Crippen LogP contribution in [-0.2, 0) is 14.9 Å². The van der Waals surface area contributed by atoms with Crippen molar-refractivity contribution in [3.05, 3.63) is 46.7 Å². The highest BCUT2D eigenvalue weighted by atomic mass is 35.5. The van der Waals surface area contributed by atoms with E-state index < -0.39 is 17.1 Å². The fourth-order valence-corrected chi connectivity index (χ4v) is 5.19. The van der Waals surface area contributed by atoms with E-state index in [-0.39, 0.29) is 29.8 Å². The van der Waals surface area contributed by atoms with E-state index in [1.54, 1.807) is 13.8 Å². The lowest BCUT2D eigenvalue weighted by molar-refractivity contribution is -0.0140. The minimum absolute atomic E-state index is 0.121. The molecule has 37 heavy (non-hydrogen) atoms. The predicted octanol–water partition coefficient (Wildman–Crippen LogP) is 4.66. The van der Waals surface area contributed by atoms with Crippen LogP contribution in [0, 0.1) is 24.7 Å². The van der Waals surface area contributed by atoms with Gasteiger partial charge in [-0.2, -0.15) is 14.3 Å². The Labute approximate surface area is 221 Å². The van der Waals surface area contributed by atoms with Crippen LogP contribution < -0.4 is 5.32 Å². The summed E-state index contributed by atoms with van der Waals surface area (Å²) in [6, 6.07) is 0. The maximum Gasteiger partial charge on any atom is 0.412 e. The van der Waals surface area contributed by atoms with Crippen molar-refractivity contribution in [2.75, 3.05) is 18.7 Å². The Hall–Kier alpha value is -3.17. The second-order valence-electron chi connectivity index (χ2n) is 9.29. The molecule has 10 nitrogen and oxygen atoms in total. The van der Waals surface area contributed by atoms with E-state index in [1.807, 2.05) is 31.2 Å². The molecule has 1 fully saturated rings. The number of amides is 1. The number of allylic oxidation sites excluding steroid dienone is 3. The second kappa shape index (κ2) is 9.95. The summed E-state index contributed by atoms with van der Waals surface area (Å²) in [5.41, 5.74) is 1.03. The van der Waals surface area contributed by atoms with Gasteiger partial charge in [0.1, 0.15) is 17.8 Å². The third-order valence-corrected chi connectivity index (χ3v) is 7.66. The fourth-order valence-electron chi connectivity index (χ4n) is 4.16. The van der Waals surface area contributed by atoms with Crippen LogP contribution in [0.5, 0.6) is 0 Å². The largest absolute Gasteiger partial charge is 0.446 e. The summed E-state index contributed by atoms with van der Waals surface area (Å²) >= 11 is 7.70. The second-order valence-corrected chi connectivity index (χ2v) is 10.9. The molecule has 3 atom stereocenters. The molecule has 0 aromatic carbocycles. The molecule has 3 aromatic rings. The van der Waals surface area contributed by atoms with Crippen LogP contribution >= 0.6 is 23.1 Å². The lowest BCUT2D eigenvalue weighted by Crippen LogP contribution is -2.37. The number of halogens is 1. The SMILES string of the molecule is Cc1nsc(C#Cc2nc3nc(C4(COCO)CC4)oc3o2)c1NC(=O)OC(C)C1C=CC=CC1(C)Cl. The number of anilines is 1. The lowest BCUT2D eigenvalue weighted by atomic mass is 9.85. The number of carbonyl (C=O) groups is 1. The van der Waals surface area contributed by atoms with Crippen LogP contribution in [0.15, 0.2) is 33.1 Å². The predicted molar refractivity (Wildman–Crippen MR) is 136 cm³/mol. The highest BCUT2D eigenvalue weighted by Crippen LogP contribution is 2.48. The molecule has 12 heteroatoms. The number of nitrogens with one attached hydrogen (secondary N) is 1. The summed E-state index contributed by atoms with van der Waals surface area (Å²) in [6.07, 6.45) is 8.18. The average molecular weight is 545 g/mol. The van der Waals surface area contributed by atoms with E-state index in [2.05, 4.69) is 31.5 Å². The van der Waals surface area contributed by atoms with Gasteiger partial charge in [-0.25, -0.2) is 4.79 Å². The summed E-state index contributed by atoms with van der Waals surface area (Å²) in [7, 11) is 0. The van der Waals surface area contributed by atoms with Gasteiger partial charge in [0.15, 0.2) is 0 Å². The highest BCUT2D eigenvalue weighted by molar-refractivity contribution is 7.07. The number of nitrogens with zero attached hydrogens (tertiary/aromatic N) is 3. The Morgan fingerprint density at radius 2 is 2.16 bits per heavy atom. The van der Waals surface area contributed by atoms with Gasteiger partial charge in [0.05, 0.1) is 28.3 Å². The van der Waals surface area contributed by atoms with E-state index in [0.29, 0.717) is 34.4 Å². The van der Waals surface area contributed by atoms with Crippen molar-refractivity contribution in [3.63, 3.8) is 0 Å². The van der Waals surface area contributed by atoms with Gasteiger partial charge in [-0.1, -0.05) is 24.3 Å². The molecule has 2 aliphatic rings. The molecule has 3 heterocycles. The smallest absolute Gasteiger partial charge is 0.412 e. The van der Waals surface area contributed by atoms with Crippen LogP contribution in [0.25, 0.3) is 11.4 Å². The molecule has 0 bridgehead atoms. The van der Waals surface area contributed by atoms with Gasteiger partial charge in [0, 0.05) is 5.92 Å². The van der Waals surface area contributed by atoms with Crippen LogP contribution in [0.2, 0.25) is 0 Å². The number of rotatable bonds is 7. The molecule has 2 N–H and O–H groups in total. The lowest BCUT2D eigenvalue weighted by Gasteiger charge is -2.33. The van der Waals surface area contributed by atoms with Crippen molar-refractivity contribution < 1.29 is 28.2 Å². The zero-order chi connectivity index (χ0) is 26.2.